The van der Waals surface area contributed by atoms with Gasteiger partial charge in [-0.15, -0.1) is 0 Å². The highest BCUT2D eigenvalue weighted by atomic mass is 16.6. The highest BCUT2D eigenvalue weighted by Crippen LogP contribution is 2.19. The fourth-order valence-corrected chi connectivity index (χ4v) is 2.12. The maximum Gasteiger partial charge on any atom is 0.273 e. The predicted octanol–water partition coefficient (Wildman–Crippen LogP) is 0.160. The molecule has 2 N–H and O–H groups in total. The summed E-state index contributed by atoms with van der Waals surface area (Å²) in [5, 5.41) is 10.7. The Morgan fingerprint density at radius 2 is 2.38 bits per heavy atom. The Labute approximate surface area is 121 Å². The Bertz CT molecular complexity index is 522. The number of non-ortho nitro benzene ring substituents is 1. The van der Waals surface area contributed by atoms with Crippen molar-refractivity contribution in [2.45, 2.75) is 6.10 Å². The van der Waals surface area contributed by atoms with Crippen LogP contribution in [0.5, 0.6) is 5.75 Å². The molecule has 1 aromatic rings. The van der Waals surface area contributed by atoms with Crippen LogP contribution in [0.2, 0.25) is 0 Å². The predicted molar refractivity (Wildman–Crippen MR) is 74.0 cm³/mol. The minimum absolute atomic E-state index is 0.0209. The molecule has 1 saturated heterocycles. The number of primary amides is 1. The number of hydrogen-bond acceptors (Lipinski definition) is 6. The summed E-state index contributed by atoms with van der Waals surface area (Å²) in [6.07, 6.45) is -0.197. The van der Waals surface area contributed by atoms with Gasteiger partial charge in [-0.25, -0.2) is 0 Å². The summed E-state index contributed by atoms with van der Waals surface area (Å²) in [5.41, 5.74) is 5.14. The van der Waals surface area contributed by atoms with Crippen molar-refractivity contribution in [3.05, 3.63) is 34.4 Å². The Kier molecular flexibility index (Phi) is 5.07. The fraction of sp³-hybridized carbons (Fsp3) is 0.462. The van der Waals surface area contributed by atoms with Crippen LogP contribution in [0.1, 0.15) is 0 Å². The first-order valence-electron chi connectivity index (χ1n) is 6.54. The second-order valence-electron chi connectivity index (χ2n) is 4.76. The van der Waals surface area contributed by atoms with E-state index in [1.165, 1.54) is 12.1 Å². The second kappa shape index (κ2) is 7.00. The quantitative estimate of drug-likeness (QED) is 0.591. The van der Waals surface area contributed by atoms with Crippen molar-refractivity contribution >= 4 is 11.6 Å². The highest BCUT2D eigenvalue weighted by molar-refractivity contribution is 5.75. The van der Waals surface area contributed by atoms with Gasteiger partial charge >= 0.3 is 0 Å². The van der Waals surface area contributed by atoms with Crippen LogP contribution >= 0.6 is 0 Å². The zero-order valence-electron chi connectivity index (χ0n) is 11.4. The standard InChI is InChI=1S/C13H17N3O5/c14-13(17)8-15-4-5-20-12(7-15)9-21-11-3-1-2-10(6-11)16(18)19/h1-3,6,12H,4-5,7-9H2,(H2,14,17)/t12-/m0/s1. The zero-order valence-corrected chi connectivity index (χ0v) is 11.4. The van der Waals surface area contributed by atoms with E-state index >= 15 is 0 Å². The van der Waals surface area contributed by atoms with Crippen LogP contribution < -0.4 is 10.5 Å². The number of carbonyl (C=O) groups is 1. The molecule has 1 aliphatic rings. The van der Waals surface area contributed by atoms with Crippen molar-refractivity contribution in [3.8, 4) is 5.75 Å². The number of morpholine rings is 1. The number of nitrogens with two attached hydrogens (primary N) is 1. The number of benzene rings is 1. The van der Waals surface area contributed by atoms with Crippen LogP contribution in [-0.4, -0.2) is 54.7 Å². The number of nitro benzene ring substituents is 1. The van der Waals surface area contributed by atoms with Crippen molar-refractivity contribution in [2.75, 3.05) is 32.8 Å². The van der Waals surface area contributed by atoms with Gasteiger partial charge in [-0.1, -0.05) is 6.07 Å². The minimum Gasteiger partial charge on any atom is -0.491 e. The molecule has 1 fully saturated rings. The third-order valence-electron chi connectivity index (χ3n) is 3.07. The summed E-state index contributed by atoms with van der Waals surface area (Å²) >= 11 is 0. The summed E-state index contributed by atoms with van der Waals surface area (Å²) in [6, 6.07) is 5.98. The van der Waals surface area contributed by atoms with Gasteiger partial charge in [-0.05, 0) is 6.07 Å². The van der Waals surface area contributed by atoms with Gasteiger partial charge in [-0.3, -0.25) is 19.8 Å². The first-order valence-corrected chi connectivity index (χ1v) is 6.54. The number of hydrogen-bond donors (Lipinski definition) is 1. The van der Waals surface area contributed by atoms with Crippen LogP contribution in [0, 0.1) is 10.1 Å². The Balaban J connectivity index is 1.86. The number of rotatable bonds is 6. The van der Waals surface area contributed by atoms with E-state index in [-0.39, 0.29) is 30.9 Å². The third-order valence-corrected chi connectivity index (χ3v) is 3.07. The molecule has 0 aromatic heterocycles. The van der Waals surface area contributed by atoms with Gasteiger partial charge in [0, 0.05) is 19.2 Å². The topological polar surface area (TPSA) is 108 Å². The van der Waals surface area contributed by atoms with Gasteiger partial charge in [0.05, 0.1) is 24.1 Å². The van der Waals surface area contributed by atoms with Gasteiger partial charge in [0.2, 0.25) is 5.91 Å². The SMILES string of the molecule is NC(=O)CN1CCO[C@H](COc2cccc([N+](=O)[O-])c2)C1. The normalized spacial score (nSPS) is 19.1. The van der Waals surface area contributed by atoms with Gasteiger partial charge in [0.1, 0.15) is 18.5 Å². The number of carbonyl (C=O) groups excluding carboxylic acids is 1. The van der Waals surface area contributed by atoms with Gasteiger partial charge in [0.15, 0.2) is 0 Å². The van der Waals surface area contributed by atoms with E-state index in [4.69, 9.17) is 15.2 Å². The molecule has 21 heavy (non-hydrogen) atoms. The van der Waals surface area contributed by atoms with Gasteiger partial charge in [0.25, 0.3) is 5.69 Å². The molecule has 114 valence electrons. The molecule has 1 aromatic carbocycles. The summed E-state index contributed by atoms with van der Waals surface area (Å²) in [6.45, 7) is 2.14. The molecule has 8 heteroatoms. The lowest BCUT2D eigenvalue weighted by Crippen LogP contribution is -2.47. The molecule has 0 unspecified atom stereocenters. The monoisotopic (exact) mass is 295 g/mol. The second-order valence-corrected chi connectivity index (χ2v) is 4.76. The van der Waals surface area contributed by atoms with Crippen molar-refractivity contribution < 1.29 is 19.2 Å². The minimum atomic E-state index is -0.474. The summed E-state index contributed by atoms with van der Waals surface area (Å²) in [7, 11) is 0. The molecule has 0 spiro atoms. The average molecular weight is 295 g/mol. The van der Waals surface area contributed by atoms with Crippen LogP contribution in [0.15, 0.2) is 24.3 Å². The molecule has 8 nitrogen and oxygen atoms in total. The van der Waals surface area contributed by atoms with Crippen LogP contribution in [0.3, 0.4) is 0 Å². The summed E-state index contributed by atoms with van der Waals surface area (Å²) in [4.78, 5) is 23.0. The molecule has 2 rings (SSSR count). The third kappa shape index (κ3) is 4.69. The van der Waals surface area contributed by atoms with E-state index < -0.39 is 4.92 Å². The zero-order chi connectivity index (χ0) is 15.2. The lowest BCUT2D eigenvalue weighted by Gasteiger charge is -2.31. The lowest BCUT2D eigenvalue weighted by molar-refractivity contribution is -0.384. The molecule has 0 saturated carbocycles. The van der Waals surface area contributed by atoms with E-state index in [1.54, 1.807) is 12.1 Å². The van der Waals surface area contributed by atoms with E-state index in [1.807, 2.05) is 4.90 Å². The van der Waals surface area contributed by atoms with Gasteiger partial charge in [-0.2, -0.15) is 0 Å². The lowest BCUT2D eigenvalue weighted by atomic mass is 10.2. The fourth-order valence-electron chi connectivity index (χ4n) is 2.12. The molecule has 1 aliphatic heterocycles. The van der Waals surface area contributed by atoms with Gasteiger partial charge < -0.3 is 15.2 Å². The van der Waals surface area contributed by atoms with E-state index in [0.29, 0.717) is 25.4 Å². The Morgan fingerprint density at radius 1 is 1.57 bits per heavy atom. The first kappa shape index (κ1) is 15.2. The largest absolute Gasteiger partial charge is 0.491 e. The summed E-state index contributed by atoms with van der Waals surface area (Å²) < 4.78 is 11.1. The van der Waals surface area contributed by atoms with Crippen LogP contribution in [-0.2, 0) is 9.53 Å². The molecule has 1 heterocycles. The average Bonchev–Trinajstić information content (AvgIpc) is 2.45. The number of nitrogens with zero attached hydrogens (tertiary/aromatic N) is 2. The van der Waals surface area contributed by atoms with E-state index in [2.05, 4.69) is 0 Å². The number of nitro groups is 1. The van der Waals surface area contributed by atoms with E-state index in [0.717, 1.165) is 0 Å². The molecule has 0 bridgehead atoms. The number of ether oxygens (including phenoxy) is 2. The first-order chi connectivity index (χ1) is 10.0. The van der Waals surface area contributed by atoms with Crippen LogP contribution in [0.4, 0.5) is 5.69 Å². The van der Waals surface area contributed by atoms with Crippen molar-refractivity contribution in [1.29, 1.82) is 0 Å². The number of amides is 1. The molecular formula is C13H17N3O5. The van der Waals surface area contributed by atoms with Crippen LogP contribution in [0.25, 0.3) is 0 Å². The Hall–Kier alpha value is -2.19. The van der Waals surface area contributed by atoms with Crippen molar-refractivity contribution in [2.24, 2.45) is 5.73 Å². The van der Waals surface area contributed by atoms with Crippen molar-refractivity contribution in [1.82, 2.24) is 4.90 Å². The highest BCUT2D eigenvalue weighted by Gasteiger charge is 2.22. The molecule has 1 atom stereocenters. The van der Waals surface area contributed by atoms with Crippen molar-refractivity contribution in [3.63, 3.8) is 0 Å². The smallest absolute Gasteiger partial charge is 0.273 e. The summed E-state index contributed by atoms with van der Waals surface area (Å²) in [5.74, 6) is 0.0371. The molecular weight excluding hydrogens is 278 g/mol. The Morgan fingerprint density at radius 3 is 3.10 bits per heavy atom. The maximum atomic E-state index is 10.9. The van der Waals surface area contributed by atoms with E-state index in [9.17, 15) is 14.9 Å². The maximum absolute atomic E-state index is 10.9. The molecule has 0 aliphatic carbocycles. The molecule has 1 amide bonds. The molecule has 0 radical (unpaired) electrons.